The number of pyridine rings is 1. The third-order valence-corrected chi connectivity index (χ3v) is 9.36. The number of nitrogens with zero attached hydrogens (tertiary/aromatic N) is 5. The third kappa shape index (κ3) is 7.84. The molecule has 0 spiro atoms. The second-order valence-electron chi connectivity index (χ2n) is 12.4. The van der Waals surface area contributed by atoms with Gasteiger partial charge in [0.25, 0.3) is 11.8 Å². The molecule has 11 heteroatoms. The average molecular weight is 639 g/mol. The number of carbonyl (C=O) groups excluding carboxylic acids is 3. The number of nitrogens with one attached hydrogen (secondary N) is 1. The van der Waals surface area contributed by atoms with Crippen LogP contribution < -0.4 is 10.2 Å². The van der Waals surface area contributed by atoms with E-state index in [0.717, 1.165) is 24.3 Å². The van der Waals surface area contributed by atoms with Crippen LogP contribution in [-0.4, -0.2) is 97.1 Å². The Bertz CT molecular complexity index is 1590. The minimum Gasteiger partial charge on any atom is -0.378 e. The fourth-order valence-electron chi connectivity index (χ4n) is 6.52. The molecule has 0 unspecified atom stereocenters. The zero-order chi connectivity index (χ0) is 32.8. The summed E-state index contributed by atoms with van der Waals surface area (Å²) in [5.41, 5.74) is 3.85. The Morgan fingerprint density at radius 3 is 2.23 bits per heavy atom. The molecule has 2 atom stereocenters. The van der Waals surface area contributed by atoms with Crippen molar-refractivity contribution >= 4 is 23.3 Å². The molecule has 3 saturated heterocycles. The maximum atomic E-state index is 15.0. The van der Waals surface area contributed by atoms with Gasteiger partial charge >= 0.3 is 0 Å². The number of carbonyl (C=O) groups is 3. The lowest BCUT2D eigenvalue weighted by Crippen LogP contribution is -2.52. The number of halogens is 1. The quantitative estimate of drug-likeness (QED) is 0.370. The summed E-state index contributed by atoms with van der Waals surface area (Å²) in [5, 5.41) is 11.8. The Kier molecular flexibility index (Phi) is 10.2. The molecule has 244 valence electrons. The van der Waals surface area contributed by atoms with E-state index in [9.17, 15) is 14.4 Å². The van der Waals surface area contributed by atoms with Gasteiger partial charge in [0, 0.05) is 69.2 Å². The number of alkyl halides is 1. The molecule has 3 aromatic rings. The second-order valence-corrected chi connectivity index (χ2v) is 12.4. The fourth-order valence-corrected chi connectivity index (χ4v) is 6.52. The monoisotopic (exact) mass is 638 g/mol. The van der Waals surface area contributed by atoms with Crippen molar-refractivity contribution in [2.45, 2.75) is 38.0 Å². The van der Waals surface area contributed by atoms with Crippen LogP contribution in [0.4, 0.5) is 10.1 Å². The molecule has 0 aliphatic carbocycles. The van der Waals surface area contributed by atoms with Gasteiger partial charge in [0.05, 0.1) is 36.5 Å². The summed E-state index contributed by atoms with van der Waals surface area (Å²) in [6.07, 6.45) is 1.74. The molecule has 3 fully saturated rings. The van der Waals surface area contributed by atoms with Crippen molar-refractivity contribution in [1.82, 2.24) is 20.1 Å². The fraction of sp³-hybridized carbons (Fsp3) is 0.417. The lowest BCUT2D eigenvalue weighted by Gasteiger charge is -2.35. The normalized spacial score (nSPS) is 20.8. The van der Waals surface area contributed by atoms with Gasteiger partial charge in [-0.2, -0.15) is 5.26 Å². The highest BCUT2D eigenvalue weighted by molar-refractivity contribution is 5.99. The molecule has 1 N–H and O–H groups in total. The number of amides is 2. The first kappa shape index (κ1) is 32.3. The molecule has 10 nitrogen and oxygen atoms in total. The van der Waals surface area contributed by atoms with E-state index < -0.39 is 18.1 Å². The standard InChI is InChI=1S/C36H39FN6O4/c37-31-24-41(23-26-3-1-25(21-38)2-4-26)14-13-32(31)40-35(45)29-7-10-33(39-22-29)36(46)43-15-11-28(12-16-43)34(44)27-5-8-30(9-6-27)42-17-19-47-20-18-42/h1-10,22,28,31-32H,11-20,23-24H2,(H,40,45)/t31-,32-/m1/s1. The maximum Gasteiger partial charge on any atom is 0.272 e. The molecule has 4 heterocycles. The second kappa shape index (κ2) is 14.8. The Balaban J connectivity index is 0.954. The van der Waals surface area contributed by atoms with Crippen molar-refractivity contribution in [2.24, 2.45) is 5.92 Å². The van der Waals surface area contributed by atoms with Crippen LogP contribution in [-0.2, 0) is 11.3 Å². The van der Waals surface area contributed by atoms with Gasteiger partial charge in [-0.05, 0) is 73.4 Å². The number of hydrogen-bond donors (Lipinski definition) is 1. The van der Waals surface area contributed by atoms with Crippen molar-refractivity contribution in [2.75, 3.05) is 57.4 Å². The Morgan fingerprint density at radius 2 is 1.60 bits per heavy atom. The SMILES string of the molecule is N#Cc1ccc(CN2CC[C@@H](NC(=O)c3ccc(C(=O)N4CCC(C(=O)c5ccc(N6CCOCC6)cc5)CC4)nc3)[C@H](F)C2)cc1. The van der Waals surface area contributed by atoms with Crippen molar-refractivity contribution < 1.29 is 23.5 Å². The zero-order valence-corrected chi connectivity index (χ0v) is 26.3. The van der Waals surface area contributed by atoms with E-state index in [2.05, 4.69) is 21.3 Å². The van der Waals surface area contributed by atoms with Crippen LogP contribution in [0.1, 0.15) is 61.6 Å². The van der Waals surface area contributed by atoms with Gasteiger partial charge in [0.1, 0.15) is 11.9 Å². The molecule has 3 aliphatic rings. The first-order valence-corrected chi connectivity index (χ1v) is 16.3. The molecule has 6 rings (SSSR count). The predicted octanol–water partition coefficient (Wildman–Crippen LogP) is 3.87. The molecule has 0 saturated carbocycles. The van der Waals surface area contributed by atoms with Crippen LogP contribution in [0.25, 0.3) is 0 Å². The van der Waals surface area contributed by atoms with Crippen LogP contribution in [0, 0.1) is 17.2 Å². The first-order valence-electron chi connectivity index (χ1n) is 16.3. The molecular formula is C36H39FN6O4. The summed E-state index contributed by atoms with van der Waals surface area (Å²) < 4.78 is 20.5. The Labute approximate surface area is 274 Å². The minimum atomic E-state index is -1.23. The minimum absolute atomic E-state index is 0.103. The van der Waals surface area contributed by atoms with E-state index in [1.165, 1.54) is 12.3 Å². The number of ketones is 1. The molecule has 3 aliphatic heterocycles. The van der Waals surface area contributed by atoms with Gasteiger partial charge in [-0.15, -0.1) is 0 Å². The van der Waals surface area contributed by atoms with Crippen molar-refractivity contribution in [1.29, 1.82) is 5.26 Å². The van der Waals surface area contributed by atoms with Gasteiger partial charge in [-0.3, -0.25) is 24.3 Å². The number of benzene rings is 2. The van der Waals surface area contributed by atoms with Crippen LogP contribution >= 0.6 is 0 Å². The summed E-state index contributed by atoms with van der Waals surface area (Å²) in [4.78, 5) is 49.5. The number of Topliss-reactive ketones (excluding diaryl/α,β-unsaturated/α-hetero) is 1. The highest BCUT2D eigenvalue weighted by Gasteiger charge is 2.32. The number of piperidine rings is 2. The lowest BCUT2D eigenvalue weighted by molar-refractivity contribution is 0.0645. The molecule has 47 heavy (non-hydrogen) atoms. The highest BCUT2D eigenvalue weighted by atomic mass is 19.1. The number of nitriles is 1. The van der Waals surface area contributed by atoms with E-state index in [-0.39, 0.29) is 35.4 Å². The van der Waals surface area contributed by atoms with Crippen molar-refractivity contribution in [3.05, 3.63) is 94.8 Å². The largest absolute Gasteiger partial charge is 0.378 e. The van der Waals surface area contributed by atoms with Crippen LogP contribution in [0.15, 0.2) is 66.9 Å². The van der Waals surface area contributed by atoms with Crippen LogP contribution in [0.2, 0.25) is 0 Å². The molecular weight excluding hydrogens is 599 g/mol. The number of hydrogen-bond acceptors (Lipinski definition) is 8. The first-order chi connectivity index (χ1) is 22.9. The van der Waals surface area contributed by atoms with Gasteiger partial charge in [-0.25, -0.2) is 4.39 Å². The average Bonchev–Trinajstić information content (AvgIpc) is 3.13. The topological polar surface area (TPSA) is 119 Å². The van der Waals surface area contributed by atoms with Gasteiger partial charge in [0.15, 0.2) is 5.78 Å². The summed E-state index contributed by atoms with van der Waals surface area (Å²) in [6.45, 7) is 5.39. The zero-order valence-electron chi connectivity index (χ0n) is 26.3. The van der Waals surface area contributed by atoms with Gasteiger partial charge in [-0.1, -0.05) is 12.1 Å². The number of anilines is 1. The smallest absolute Gasteiger partial charge is 0.272 e. The maximum absolute atomic E-state index is 15.0. The number of likely N-dealkylation sites (tertiary alicyclic amines) is 2. The molecule has 2 amide bonds. The Morgan fingerprint density at radius 1 is 0.894 bits per heavy atom. The summed E-state index contributed by atoms with van der Waals surface area (Å²) in [7, 11) is 0. The number of rotatable bonds is 8. The predicted molar refractivity (Wildman–Crippen MR) is 174 cm³/mol. The van der Waals surface area contributed by atoms with Crippen molar-refractivity contribution in [3.8, 4) is 6.07 Å². The van der Waals surface area contributed by atoms with Crippen LogP contribution in [0.5, 0.6) is 0 Å². The number of ether oxygens (including phenoxy) is 1. The van der Waals surface area contributed by atoms with Gasteiger partial charge in [0.2, 0.25) is 0 Å². The van der Waals surface area contributed by atoms with E-state index in [4.69, 9.17) is 10.00 Å². The van der Waals surface area contributed by atoms with Gasteiger partial charge < -0.3 is 19.9 Å². The lowest BCUT2D eigenvalue weighted by atomic mass is 9.88. The summed E-state index contributed by atoms with van der Waals surface area (Å²) in [5.74, 6) is -0.709. The number of aromatic nitrogens is 1. The summed E-state index contributed by atoms with van der Waals surface area (Å²) >= 11 is 0. The summed E-state index contributed by atoms with van der Waals surface area (Å²) in [6, 6.07) is 19.6. The van der Waals surface area contributed by atoms with Crippen molar-refractivity contribution in [3.63, 3.8) is 0 Å². The van der Waals surface area contributed by atoms with E-state index >= 15 is 4.39 Å². The van der Waals surface area contributed by atoms with E-state index in [0.29, 0.717) is 69.8 Å². The molecule has 1 aromatic heterocycles. The van der Waals surface area contributed by atoms with E-state index in [1.54, 1.807) is 23.1 Å². The van der Waals surface area contributed by atoms with Crippen LogP contribution in [0.3, 0.4) is 0 Å². The molecule has 0 radical (unpaired) electrons. The Hall–Kier alpha value is -4.66. The molecule has 2 aromatic carbocycles. The third-order valence-electron chi connectivity index (χ3n) is 9.36. The van der Waals surface area contributed by atoms with E-state index in [1.807, 2.05) is 41.3 Å². The number of morpholine rings is 1. The molecule has 0 bridgehead atoms. The highest BCUT2D eigenvalue weighted by Crippen LogP contribution is 2.25.